The topological polar surface area (TPSA) is 84.2 Å². The minimum absolute atomic E-state index is 0.227. The van der Waals surface area contributed by atoms with Crippen molar-refractivity contribution in [2.45, 2.75) is 43.1 Å². The minimum atomic E-state index is -1.57. The predicted molar refractivity (Wildman–Crippen MR) is 53.3 cm³/mol. The van der Waals surface area contributed by atoms with Crippen LogP contribution in [-0.4, -0.2) is 68.9 Å². The van der Waals surface area contributed by atoms with E-state index in [1.54, 1.807) is 0 Å². The molecular weight excluding hydrogens is 198 g/mol. The zero-order valence-electron chi connectivity index (χ0n) is 8.71. The molecule has 2 saturated heterocycles. The summed E-state index contributed by atoms with van der Waals surface area (Å²) in [5, 5.41) is 38.8. The first-order valence-corrected chi connectivity index (χ1v) is 5.53. The van der Waals surface area contributed by atoms with Crippen LogP contribution < -0.4 is 0 Å². The van der Waals surface area contributed by atoms with Gasteiger partial charge < -0.3 is 20.4 Å². The lowest BCUT2D eigenvalue weighted by atomic mass is 9.77. The lowest BCUT2D eigenvalue weighted by Gasteiger charge is -2.52. The van der Waals surface area contributed by atoms with Crippen LogP contribution in [0.15, 0.2) is 0 Å². The van der Waals surface area contributed by atoms with Crippen LogP contribution in [0.2, 0.25) is 0 Å². The molecule has 2 rings (SSSR count). The van der Waals surface area contributed by atoms with Crippen LogP contribution in [0.1, 0.15) is 19.3 Å². The van der Waals surface area contributed by atoms with E-state index in [4.69, 9.17) is 0 Å². The summed E-state index contributed by atoms with van der Waals surface area (Å²) in [6, 6.07) is -0.227. The maximum Gasteiger partial charge on any atom is 0.131 e. The Balaban J connectivity index is 2.23. The maximum absolute atomic E-state index is 10.2. The molecule has 2 heterocycles. The largest absolute Gasteiger partial charge is 0.393 e. The first-order chi connectivity index (χ1) is 7.09. The van der Waals surface area contributed by atoms with Gasteiger partial charge in [-0.1, -0.05) is 6.42 Å². The van der Waals surface area contributed by atoms with Crippen molar-refractivity contribution in [3.05, 3.63) is 0 Å². The SMILES string of the molecule is OC[C@]1(O)[C@@H]2CCCCN2C[C@@H](O)[C@@H]1O. The first-order valence-electron chi connectivity index (χ1n) is 5.53. The number of fused-ring (bicyclic) bond motifs is 1. The summed E-state index contributed by atoms with van der Waals surface area (Å²) in [4.78, 5) is 1.97. The lowest BCUT2D eigenvalue weighted by molar-refractivity contribution is -0.219. The third-order valence-corrected chi connectivity index (χ3v) is 3.74. The van der Waals surface area contributed by atoms with Gasteiger partial charge in [-0.25, -0.2) is 0 Å². The van der Waals surface area contributed by atoms with Gasteiger partial charge in [-0.3, -0.25) is 4.90 Å². The highest BCUT2D eigenvalue weighted by atomic mass is 16.4. The molecule has 15 heavy (non-hydrogen) atoms. The molecular formula is C10H19NO4. The summed E-state index contributed by atoms with van der Waals surface area (Å²) in [5.74, 6) is 0. The van der Waals surface area contributed by atoms with E-state index in [0.717, 1.165) is 25.8 Å². The highest BCUT2D eigenvalue weighted by molar-refractivity contribution is 5.06. The highest BCUT2D eigenvalue weighted by Gasteiger charge is 2.53. The van der Waals surface area contributed by atoms with Crippen LogP contribution >= 0.6 is 0 Å². The summed E-state index contributed by atoms with van der Waals surface area (Å²) >= 11 is 0. The van der Waals surface area contributed by atoms with Crippen LogP contribution in [0, 0.1) is 0 Å². The number of rotatable bonds is 1. The van der Waals surface area contributed by atoms with E-state index < -0.39 is 24.4 Å². The summed E-state index contributed by atoms with van der Waals surface area (Å²) in [7, 11) is 0. The molecule has 0 spiro atoms. The van der Waals surface area contributed by atoms with Gasteiger partial charge in [0.15, 0.2) is 0 Å². The summed E-state index contributed by atoms with van der Waals surface area (Å²) in [5.41, 5.74) is -1.57. The van der Waals surface area contributed by atoms with E-state index >= 15 is 0 Å². The van der Waals surface area contributed by atoms with Crippen molar-refractivity contribution in [3.63, 3.8) is 0 Å². The van der Waals surface area contributed by atoms with Gasteiger partial charge in [-0.2, -0.15) is 0 Å². The summed E-state index contributed by atoms with van der Waals surface area (Å²) in [6.45, 7) is 0.692. The minimum Gasteiger partial charge on any atom is -0.393 e. The third kappa shape index (κ3) is 1.68. The van der Waals surface area contributed by atoms with Crippen molar-refractivity contribution in [2.24, 2.45) is 0 Å². The number of piperidine rings is 2. The fourth-order valence-electron chi connectivity index (χ4n) is 2.84. The average Bonchev–Trinajstić information content (AvgIpc) is 2.26. The smallest absolute Gasteiger partial charge is 0.131 e. The second kappa shape index (κ2) is 3.99. The predicted octanol–water partition coefficient (Wildman–Crippen LogP) is -1.70. The van der Waals surface area contributed by atoms with Crippen LogP contribution in [0.5, 0.6) is 0 Å². The van der Waals surface area contributed by atoms with E-state index in [2.05, 4.69) is 0 Å². The number of aliphatic hydroxyl groups is 4. The molecule has 88 valence electrons. The second-order valence-corrected chi connectivity index (χ2v) is 4.67. The zero-order chi connectivity index (χ0) is 11.1. The Bertz CT molecular complexity index is 237. The molecule has 0 aliphatic carbocycles. The van der Waals surface area contributed by atoms with Crippen molar-refractivity contribution < 1.29 is 20.4 Å². The molecule has 0 saturated carbocycles. The molecule has 0 unspecified atom stereocenters. The van der Waals surface area contributed by atoms with E-state index in [1.807, 2.05) is 4.90 Å². The van der Waals surface area contributed by atoms with Crippen molar-refractivity contribution >= 4 is 0 Å². The Morgan fingerprint density at radius 2 is 2.00 bits per heavy atom. The fourth-order valence-corrected chi connectivity index (χ4v) is 2.84. The van der Waals surface area contributed by atoms with Gasteiger partial charge in [0.25, 0.3) is 0 Å². The number of hydrogen-bond donors (Lipinski definition) is 4. The van der Waals surface area contributed by atoms with E-state index in [1.165, 1.54) is 0 Å². The van der Waals surface area contributed by atoms with Gasteiger partial charge in [-0.05, 0) is 19.4 Å². The molecule has 0 amide bonds. The maximum atomic E-state index is 10.2. The summed E-state index contributed by atoms with van der Waals surface area (Å²) < 4.78 is 0. The van der Waals surface area contributed by atoms with Crippen LogP contribution in [0.25, 0.3) is 0 Å². The quantitative estimate of drug-likeness (QED) is 0.421. The number of hydrogen-bond acceptors (Lipinski definition) is 5. The molecule has 4 N–H and O–H groups in total. The van der Waals surface area contributed by atoms with Gasteiger partial charge in [0.1, 0.15) is 11.7 Å². The fraction of sp³-hybridized carbons (Fsp3) is 1.00. The Hall–Kier alpha value is -0.200. The molecule has 0 aromatic rings. The number of nitrogens with zero attached hydrogens (tertiary/aromatic N) is 1. The Labute approximate surface area is 88.9 Å². The monoisotopic (exact) mass is 217 g/mol. The molecule has 5 heteroatoms. The van der Waals surface area contributed by atoms with Gasteiger partial charge in [0.2, 0.25) is 0 Å². The van der Waals surface area contributed by atoms with Crippen LogP contribution in [0.3, 0.4) is 0 Å². The number of aliphatic hydroxyl groups excluding tert-OH is 3. The molecule has 0 aromatic heterocycles. The van der Waals surface area contributed by atoms with E-state index in [0.29, 0.717) is 6.54 Å². The molecule has 2 aliphatic heterocycles. The third-order valence-electron chi connectivity index (χ3n) is 3.74. The highest BCUT2D eigenvalue weighted by Crippen LogP contribution is 2.34. The average molecular weight is 217 g/mol. The van der Waals surface area contributed by atoms with E-state index in [-0.39, 0.29) is 6.04 Å². The van der Waals surface area contributed by atoms with Crippen LogP contribution in [-0.2, 0) is 0 Å². The van der Waals surface area contributed by atoms with Gasteiger partial charge >= 0.3 is 0 Å². The van der Waals surface area contributed by atoms with Crippen molar-refractivity contribution in [1.29, 1.82) is 0 Å². The first kappa shape index (κ1) is 11.3. The molecule has 2 aliphatic rings. The van der Waals surface area contributed by atoms with Gasteiger partial charge in [0.05, 0.1) is 12.7 Å². The molecule has 0 radical (unpaired) electrons. The molecule has 5 nitrogen and oxygen atoms in total. The Morgan fingerprint density at radius 3 is 2.67 bits per heavy atom. The van der Waals surface area contributed by atoms with Crippen molar-refractivity contribution in [2.75, 3.05) is 19.7 Å². The lowest BCUT2D eigenvalue weighted by Crippen LogP contribution is -2.71. The van der Waals surface area contributed by atoms with E-state index in [9.17, 15) is 20.4 Å². The molecule has 2 fully saturated rings. The van der Waals surface area contributed by atoms with Crippen molar-refractivity contribution in [3.8, 4) is 0 Å². The molecule has 4 atom stereocenters. The van der Waals surface area contributed by atoms with Crippen LogP contribution in [0.4, 0.5) is 0 Å². The van der Waals surface area contributed by atoms with Gasteiger partial charge in [0, 0.05) is 12.6 Å². The Kier molecular flexibility index (Phi) is 3.00. The summed E-state index contributed by atoms with van der Waals surface area (Å²) in [6.07, 6.45) is 0.576. The van der Waals surface area contributed by atoms with Crippen molar-refractivity contribution in [1.82, 2.24) is 4.90 Å². The normalized spacial score (nSPS) is 47.6. The molecule has 0 aromatic carbocycles. The standard InChI is InChI=1S/C10H19NO4/c12-6-10(15)8-3-1-2-4-11(8)5-7(13)9(10)14/h7-9,12-15H,1-6H2/t7-,8+,9+,10+/m1/s1. The molecule has 0 bridgehead atoms. The zero-order valence-corrected chi connectivity index (χ0v) is 8.71. The second-order valence-electron chi connectivity index (χ2n) is 4.67. The Morgan fingerprint density at radius 1 is 1.27 bits per heavy atom. The van der Waals surface area contributed by atoms with Gasteiger partial charge in [-0.15, -0.1) is 0 Å².